The summed E-state index contributed by atoms with van der Waals surface area (Å²) < 4.78 is 0. The lowest BCUT2D eigenvalue weighted by Crippen LogP contribution is -2.32. The molecule has 0 saturated heterocycles. The van der Waals surface area contributed by atoms with E-state index in [1.807, 2.05) is 18.2 Å². The minimum atomic E-state index is -2.01. The Morgan fingerprint density at radius 3 is 1.68 bits per heavy atom. The van der Waals surface area contributed by atoms with Crippen LogP contribution in [0.5, 0.6) is 0 Å². The average Bonchev–Trinajstić information content (AvgIpc) is 3.07. The predicted octanol–water partition coefficient (Wildman–Crippen LogP) is 7.95. The van der Waals surface area contributed by atoms with E-state index in [0.29, 0.717) is 17.3 Å². The summed E-state index contributed by atoms with van der Waals surface area (Å²) in [5.41, 5.74) is 6.10. The molecular formula is C38H33N5P+. The maximum atomic E-state index is 9.07. The highest BCUT2D eigenvalue weighted by Gasteiger charge is 2.45. The van der Waals surface area contributed by atoms with Gasteiger partial charge in [0.25, 0.3) is 0 Å². The van der Waals surface area contributed by atoms with Gasteiger partial charge in [0, 0.05) is 17.6 Å². The fourth-order valence-electron chi connectivity index (χ4n) is 5.76. The smallest absolute Gasteiger partial charge is 0.229 e. The average molecular weight is 591 g/mol. The summed E-state index contributed by atoms with van der Waals surface area (Å²) in [5, 5.41) is 20.0. The van der Waals surface area contributed by atoms with Gasteiger partial charge in [-0.05, 0) is 97.3 Å². The fourth-order valence-corrected chi connectivity index (χ4v) is 9.97. The van der Waals surface area contributed by atoms with Crippen molar-refractivity contribution in [1.29, 1.82) is 5.26 Å². The molecule has 0 radical (unpaired) electrons. The van der Waals surface area contributed by atoms with Crippen LogP contribution >= 0.6 is 7.26 Å². The van der Waals surface area contributed by atoms with Crippen LogP contribution in [0.4, 0.5) is 23.1 Å². The molecule has 44 heavy (non-hydrogen) atoms. The number of hydrogen-bond acceptors (Lipinski definition) is 5. The van der Waals surface area contributed by atoms with Crippen LogP contribution in [0.1, 0.15) is 22.3 Å². The second-order valence-corrected chi connectivity index (χ2v) is 14.3. The number of aryl methyl sites for hydroxylation is 2. The molecule has 6 aromatic rings. The van der Waals surface area contributed by atoms with Crippen LogP contribution in [0.3, 0.4) is 0 Å². The zero-order valence-electron chi connectivity index (χ0n) is 24.8. The van der Waals surface area contributed by atoms with Crippen LogP contribution in [-0.2, 0) is 6.16 Å². The summed E-state index contributed by atoms with van der Waals surface area (Å²) in [4.78, 5) is 9.08. The van der Waals surface area contributed by atoms with Crippen molar-refractivity contribution in [3.63, 3.8) is 0 Å². The van der Waals surface area contributed by atoms with Crippen molar-refractivity contribution in [2.45, 2.75) is 20.0 Å². The molecule has 5 aromatic carbocycles. The van der Waals surface area contributed by atoms with Crippen LogP contribution in [0.2, 0.25) is 0 Å². The van der Waals surface area contributed by atoms with Gasteiger partial charge in [0.2, 0.25) is 5.95 Å². The number of aromatic nitrogens is 2. The summed E-state index contributed by atoms with van der Waals surface area (Å²) in [6.45, 7) is 4.31. The van der Waals surface area contributed by atoms with Gasteiger partial charge in [-0.25, -0.2) is 4.98 Å². The van der Waals surface area contributed by atoms with Gasteiger partial charge in [0.1, 0.15) is 29.0 Å². The molecule has 0 aliphatic rings. The molecule has 1 heterocycles. The molecule has 0 atom stereocenters. The Balaban J connectivity index is 1.34. The molecule has 2 N–H and O–H groups in total. The topological polar surface area (TPSA) is 73.6 Å². The Morgan fingerprint density at radius 2 is 1.18 bits per heavy atom. The highest BCUT2D eigenvalue weighted by molar-refractivity contribution is 7.95. The van der Waals surface area contributed by atoms with Crippen LogP contribution in [0.25, 0.3) is 0 Å². The second kappa shape index (κ2) is 12.9. The highest BCUT2D eigenvalue weighted by Crippen LogP contribution is 2.58. The van der Waals surface area contributed by atoms with Gasteiger partial charge in [-0.2, -0.15) is 10.2 Å². The second-order valence-electron chi connectivity index (χ2n) is 10.8. The Labute approximate surface area is 259 Å². The van der Waals surface area contributed by atoms with E-state index in [0.717, 1.165) is 28.7 Å². The molecule has 0 spiro atoms. The lowest BCUT2D eigenvalue weighted by molar-refractivity contribution is 1.16. The van der Waals surface area contributed by atoms with Crippen LogP contribution in [-0.4, -0.2) is 9.97 Å². The first-order valence-electron chi connectivity index (χ1n) is 14.6. The molecule has 5 nitrogen and oxygen atoms in total. The maximum Gasteiger partial charge on any atom is 0.229 e. The standard InChI is InChI=1S/C38H33N5P/c1-28-24-31(25-29(2)37(28)42-36-22-23-40-38(43-36)41-32-20-18-30(26-39)19-21-32)27-44(33-12-6-3-7-13-33,34-14-8-4-9-15-34)35-16-10-5-11-17-35/h3-25H,27H2,1-2H3,(H2,40,41,42,43)/q+1. The van der Waals surface area contributed by atoms with Crippen molar-refractivity contribution >= 4 is 46.3 Å². The van der Waals surface area contributed by atoms with E-state index in [-0.39, 0.29) is 0 Å². The number of hydrogen-bond donors (Lipinski definition) is 2. The summed E-state index contributed by atoms with van der Waals surface area (Å²) in [5.74, 6) is 1.18. The van der Waals surface area contributed by atoms with Gasteiger partial charge in [-0.3, -0.25) is 0 Å². The molecule has 0 saturated carbocycles. The zero-order valence-corrected chi connectivity index (χ0v) is 25.7. The molecule has 1 aromatic heterocycles. The molecule has 6 rings (SSSR count). The molecule has 0 amide bonds. The summed E-state index contributed by atoms with van der Waals surface area (Å²) in [6, 6.07) is 48.9. The number of nitriles is 1. The number of benzene rings is 5. The van der Waals surface area contributed by atoms with Crippen LogP contribution < -0.4 is 26.5 Å². The quantitative estimate of drug-likeness (QED) is 0.167. The number of anilines is 4. The number of nitrogens with zero attached hydrogens (tertiary/aromatic N) is 3. The van der Waals surface area contributed by atoms with Crippen LogP contribution in [0.15, 0.2) is 140 Å². The fraction of sp³-hybridized carbons (Fsp3) is 0.0789. The Bertz CT molecular complexity index is 1780. The van der Waals surface area contributed by atoms with Crippen molar-refractivity contribution in [2.24, 2.45) is 0 Å². The normalized spacial score (nSPS) is 11.0. The van der Waals surface area contributed by atoms with Gasteiger partial charge in [0.15, 0.2) is 0 Å². The Morgan fingerprint density at radius 1 is 0.659 bits per heavy atom. The van der Waals surface area contributed by atoms with Crippen molar-refractivity contribution in [3.05, 3.63) is 162 Å². The van der Waals surface area contributed by atoms with Crippen molar-refractivity contribution < 1.29 is 0 Å². The third-order valence-electron chi connectivity index (χ3n) is 7.78. The lowest BCUT2D eigenvalue weighted by atomic mass is 10.1. The van der Waals surface area contributed by atoms with Crippen molar-refractivity contribution in [2.75, 3.05) is 10.6 Å². The summed E-state index contributed by atoms with van der Waals surface area (Å²) >= 11 is 0. The van der Waals surface area contributed by atoms with E-state index < -0.39 is 7.26 Å². The summed E-state index contributed by atoms with van der Waals surface area (Å²) in [6.07, 6.45) is 2.65. The molecule has 6 heteroatoms. The van der Waals surface area contributed by atoms with Crippen LogP contribution in [0, 0.1) is 25.2 Å². The SMILES string of the molecule is Cc1cc(C[P+](c2ccccc2)(c2ccccc2)c2ccccc2)cc(C)c1Nc1ccnc(Nc2ccc(C#N)cc2)n1. The molecule has 0 aliphatic heterocycles. The zero-order chi connectivity index (χ0) is 30.4. The first-order valence-corrected chi connectivity index (χ1v) is 16.5. The maximum absolute atomic E-state index is 9.07. The molecular weight excluding hydrogens is 557 g/mol. The largest absolute Gasteiger partial charge is 0.340 e. The van der Waals surface area contributed by atoms with Crippen molar-refractivity contribution in [3.8, 4) is 6.07 Å². The Hall–Kier alpha value is -5.30. The van der Waals surface area contributed by atoms with Gasteiger partial charge in [0.05, 0.1) is 17.8 Å². The van der Waals surface area contributed by atoms with Gasteiger partial charge in [-0.1, -0.05) is 66.7 Å². The summed E-state index contributed by atoms with van der Waals surface area (Å²) in [7, 11) is -2.01. The monoisotopic (exact) mass is 590 g/mol. The van der Waals surface area contributed by atoms with E-state index >= 15 is 0 Å². The molecule has 0 fully saturated rings. The van der Waals surface area contributed by atoms with E-state index in [4.69, 9.17) is 10.2 Å². The highest BCUT2D eigenvalue weighted by atomic mass is 31.2. The van der Waals surface area contributed by atoms with Gasteiger partial charge >= 0.3 is 0 Å². The molecule has 214 valence electrons. The van der Waals surface area contributed by atoms with E-state index in [1.54, 1.807) is 18.3 Å². The van der Waals surface area contributed by atoms with Gasteiger partial charge < -0.3 is 10.6 Å². The first kappa shape index (κ1) is 28.8. The number of nitrogens with one attached hydrogen (secondary N) is 2. The third kappa shape index (κ3) is 6.08. The minimum Gasteiger partial charge on any atom is -0.340 e. The van der Waals surface area contributed by atoms with E-state index in [2.05, 4.69) is 139 Å². The number of rotatable bonds is 9. The van der Waals surface area contributed by atoms with E-state index in [1.165, 1.54) is 21.5 Å². The third-order valence-corrected chi connectivity index (χ3v) is 12.2. The lowest BCUT2D eigenvalue weighted by Gasteiger charge is -2.28. The predicted molar refractivity (Wildman–Crippen MR) is 185 cm³/mol. The first-order chi connectivity index (χ1) is 21.5. The molecule has 0 bridgehead atoms. The molecule has 0 aliphatic carbocycles. The minimum absolute atomic E-state index is 0.481. The Kier molecular flexibility index (Phi) is 8.46. The van der Waals surface area contributed by atoms with Gasteiger partial charge in [-0.15, -0.1) is 0 Å². The molecule has 0 unspecified atom stereocenters. The van der Waals surface area contributed by atoms with E-state index in [9.17, 15) is 0 Å². The van der Waals surface area contributed by atoms with Crippen molar-refractivity contribution in [1.82, 2.24) is 9.97 Å².